The Bertz CT molecular complexity index is 441. The van der Waals surface area contributed by atoms with Crippen molar-refractivity contribution in [2.45, 2.75) is 25.5 Å². The first-order chi connectivity index (χ1) is 8.52. The molecule has 1 N–H and O–H groups in total. The standard InChI is InChI=1S/C13H16ClF2NO/c1-7-3-8(6-18-7)13(17-2)9-4-11(15)12(16)5-10(9)14/h4-5,7-8,13,17H,3,6H2,1-2H3. The third kappa shape index (κ3) is 2.66. The third-order valence-electron chi connectivity index (χ3n) is 3.39. The van der Waals surface area contributed by atoms with Gasteiger partial charge in [0.25, 0.3) is 0 Å². The number of hydrogen-bond acceptors (Lipinski definition) is 2. The molecule has 1 aliphatic heterocycles. The Balaban J connectivity index is 2.30. The van der Waals surface area contributed by atoms with Crippen molar-refractivity contribution in [3.8, 4) is 0 Å². The number of hydrogen-bond donors (Lipinski definition) is 1. The Labute approximate surface area is 110 Å². The van der Waals surface area contributed by atoms with Gasteiger partial charge in [-0.05, 0) is 38.1 Å². The van der Waals surface area contributed by atoms with Crippen LogP contribution in [-0.4, -0.2) is 19.8 Å². The highest BCUT2D eigenvalue weighted by atomic mass is 35.5. The third-order valence-corrected chi connectivity index (χ3v) is 3.71. The average molecular weight is 276 g/mol. The molecule has 1 saturated heterocycles. The normalized spacial score (nSPS) is 25.4. The van der Waals surface area contributed by atoms with Crippen LogP contribution in [0, 0.1) is 17.6 Å². The maximum atomic E-state index is 13.3. The molecular weight excluding hydrogens is 260 g/mol. The second kappa shape index (κ2) is 5.51. The van der Waals surface area contributed by atoms with Crippen LogP contribution in [0.1, 0.15) is 24.9 Å². The van der Waals surface area contributed by atoms with Gasteiger partial charge in [0.15, 0.2) is 11.6 Å². The zero-order valence-corrected chi connectivity index (χ0v) is 11.1. The number of halogens is 3. The zero-order valence-electron chi connectivity index (χ0n) is 10.3. The summed E-state index contributed by atoms with van der Waals surface area (Å²) < 4.78 is 31.9. The van der Waals surface area contributed by atoms with Crippen molar-refractivity contribution in [3.05, 3.63) is 34.4 Å². The van der Waals surface area contributed by atoms with Crippen molar-refractivity contribution in [3.63, 3.8) is 0 Å². The van der Waals surface area contributed by atoms with Crippen LogP contribution in [0.15, 0.2) is 12.1 Å². The van der Waals surface area contributed by atoms with Crippen LogP contribution in [-0.2, 0) is 4.74 Å². The quantitative estimate of drug-likeness (QED) is 0.855. The smallest absolute Gasteiger partial charge is 0.160 e. The van der Waals surface area contributed by atoms with Gasteiger partial charge in [-0.1, -0.05) is 11.6 Å². The van der Waals surface area contributed by atoms with Crippen LogP contribution in [0.2, 0.25) is 5.02 Å². The SMILES string of the molecule is CNC(c1cc(F)c(F)cc1Cl)C1COC(C)C1. The van der Waals surface area contributed by atoms with Crippen molar-refractivity contribution < 1.29 is 13.5 Å². The largest absolute Gasteiger partial charge is 0.378 e. The lowest BCUT2D eigenvalue weighted by atomic mass is 9.91. The lowest BCUT2D eigenvalue weighted by Crippen LogP contribution is -2.26. The Hall–Kier alpha value is -0.710. The van der Waals surface area contributed by atoms with Gasteiger partial charge in [-0.2, -0.15) is 0 Å². The molecule has 0 saturated carbocycles. The minimum Gasteiger partial charge on any atom is -0.378 e. The van der Waals surface area contributed by atoms with Gasteiger partial charge < -0.3 is 10.1 Å². The summed E-state index contributed by atoms with van der Waals surface area (Å²) >= 11 is 6.00. The molecule has 0 radical (unpaired) electrons. The van der Waals surface area contributed by atoms with E-state index in [1.54, 1.807) is 7.05 Å². The highest BCUT2D eigenvalue weighted by Crippen LogP contribution is 2.35. The molecular formula is C13H16ClF2NO. The molecule has 1 heterocycles. The molecule has 3 atom stereocenters. The molecule has 1 aliphatic rings. The Morgan fingerprint density at radius 3 is 2.61 bits per heavy atom. The van der Waals surface area contributed by atoms with Crippen LogP contribution in [0.5, 0.6) is 0 Å². The summed E-state index contributed by atoms with van der Waals surface area (Å²) in [5.41, 5.74) is 0.584. The van der Waals surface area contributed by atoms with Crippen LogP contribution >= 0.6 is 11.6 Å². The fraction of sp³-hybridized carbons (Fsp3) is 0.538. The number of ether oxygens (including phenoxy) is 1. The maximum Gasteiger partial charge on any atom is 0.160 e. The van der Waals surface area contributed by atoms with Crippen molar-refractivity contribution in [2.24, 2.45) is 5.92 Å². The van der Waals surface area contributed by atoms with Crippen LogP contribution in [0.4, 0.5) is 8.78 Å². The van der Waals surface area contributed by atoms with Gasteiger partial charge in [0, 0.05) is 17.0 Å². The molecule has 5 heteroatoms. The van der Waals surface area contributed by atoms with E-state index in [1.807, 2.05) is 6.92 Å². The van der Waals surface area contributed by atoms with Gasteiger partial charge in [-0.25, -0.2) is 8.78 Å². The summed E-state index contributed by atoms with van der Waals surface area (Å²) in [4.78, 5) is 0. The molecule has 100 valence electrons. The molecule has 2 nitrogen and oxygen atoms in total. The summed E-state index contributed by atoms with van der Waals surface area (Å²) in [5, 5.41) is 3.36. The van der Waals surface area contributed by atoms with Crippen LogP contribution in [0.25, 0.3) is 0 Å². The summed E-state index contributed by atoms with van der Waals surface area (Å²) in [6, 6.07) is 2.06. The van der Waals surface area contributed by atoms with E-state index < -0.39 is 11.6 Å². The van der Waals surface area contributed by atoms with E-state index in [2.05, 4.69) is 5.32 Å². The molecule has 0 aliphatic carbocycles. The number of rotatable bonds is 3. The van der Waals surface area contributed by atoms with Crippen LogP contribution < -0.4 is 5.32 Å². The summed E-state index contributed by atoms with van der Waals surface area (Å²) in [5.74, 6) is -1.58. The minimum absolute atomic E-state index is 0.127. The predicted molar refractivity (Wildman–Crippen MR) is 66.7 cm³/mol. The highest BCUT2D eigenvalue weighted by Gasteiger charge is 2.31. The second-order valence-electron chi connectivity index (χ2n) is 4.69. The summed E-state index contributed by atoms with van der Waals surface area (Å²) in [7, 11) is 1.78. The molecule has 0 aromatic heterocycles. The highest BCUT2D eigenvalue weighted by molar-refractivity contribution is 6.31. The van der Waals surface area contributed by atoms with Crippen molar-refractivity contribution in [2.75, 3.05) is 13.7 Å². The predicted octanol–water partition coefficient (Wildman–Crippen LogP) is 3.30. The van der Waals surface area contributed by atoms with E-state index in [-0.39, 0.29) is 23.1 Å². The zero-order chi connectivity index (χ0) is 13.3. The van der Waals surface area contributed by atoms with E-state index in [0.717, 1.165) is 12.5 Å². The fourth-order valence-electron chi connectivity index (χ4n) is 2.50. The van der Waals surface area contributed by atoms with Gasteiger partial charge >= 0.3 is 0 Å². The molecule has 18 heavy (non-hydrogen) atoms. The first-order valence-corrected chi connectivity index (χ1v) is 6.34. The molecule has 1 aromatic rings. The molecule has 1 aromatic carbocycles. The van der Waals surface area contributed by atoms with E-state index in [1.165, 1.54) is 6.07 Å². The van der Waals surface area contributed by atoms with Gasteiger partial charge in [0.1, 0.15) is 0 Å². The number of nitrogens with one attached hydrogen (secondary N) is 1. The van der Waals surface area contributed by atoms with Crippen LogP contribution in [0.3, 0.4) is 0 Å². The second-order valence-corrected chi connectivity index (χ2v) is 5.10. The van der Waals surface area contributed by atoms with E-state index in [4.69, 9.17) is 16.3 Å². The summed E-state index contributed by atoms with van der Waals surface area (Å²) in [6.45, 7) is 2.60. The van der Waals surface area contributed by atoms with E-state index in [9.17, 15) is 8.78 Å². The van der Waals surface area contributed by atoms with Gasteiger partial charge in [0.2, 0.25) is 0 Å². The van der Waals surface area contributed by atoms with Crippen molar-refractivity contribution in [1.82, 2.24) is 5.32 Å². The summed E-state index contributed by atoms with van der Waals surface area (Å²) in [6.07, 6.45) is 1.07. The lowest BCUT2D eigenvalue weighted by molar-refractivity contribution is 0.117. The Morgan fingerprint density at radius 2 is 2.06 bits per heavy atom. The lowest BCUT2D eigenvalue weighted by Gasteiger charge is -2.23. The molecule has 2 rings (SSSR count). The maximum absolute atomic E-state index is 13.3. The Morgan fingerprint density at radius 1 is 1.39 bits per heavy atom. The number of benzene rings is 1. The molecule has 3 unspecified atom stereocenters. The minimum atomic E-state index is -0.922. The van der Waals surface area contributed by atoms with E-state index in [0.29, 0.717) is 12.2 Å². The topological polar surface area (TPSA) is 21.3 Å². The molecule has 0 amide bonds. The molecule has 0 spiro atoms. The van der Waals surface area contributed by atoms with Gasteiger partial charge in [-0.15, -0.1) is 0 Å². The molecule has 1 fully saturated rings. The van der Waals surface area contributed by atoms with Gasteiger partial charge in [0.05, 0.1) is 12.7 Å². The van der Waals surface area contributed by atoms with Gasteiger partial charge in [-0.3, -0.25) is 0 Å². The van der Waals surface area contributed by atoms with Crippen molar-refractivity contribution in [1.29, 1.82) is 0 Å². The fourth-order valence-corrected chi connectivity index (χ4v) is 2.77. The average Bonchev–Trinajstić information content (AvgIpc) is 2.73. The van der Waals surface area contributed by atoms with E-state index >= 15 is 0 Å². The first kappa shape index (κ1) is 13.7. The first-order valence-electron chi connectivity index (χ1n) is 5.96. The van der Waals surface area contributed by atoms with Crippen molar-refractivity contribution >= 4 is 11.6 Å². The monoisotopic (exact) mass is 275 g/mol. The molecule has 0 bridgehead atoms. The Kier molecular flexibility index (Phi) is 4.20.